The van der Waals surface area contributed by atoms with E-state index in [0.717, 1.165) is 18.8 Å². The molecule has 88 valence electrons. The molecule has 1 N–H and O–H groups in total. The Morgan fingerprint density at radius 3 is 2.50 bits per heavy atom. The van der Waals surface area contributed by atoms with Crippen LogP contribution in [-0.2, 0) is 4.79 Å². The second kappa shape index (κ2) is 6.05. The molecular formula is C11H18N4O. The first-order valence-corrected chi connectivity index (χ1v) is 5.48. The maximum absolute atomic E-state index is 11.7. The first-order chi connectivity index (χ1) is 7.69. The molecule has 1 rings (SSSR count). The fourth-order valence-corrected chi connectivity index (χ4v) is 1.43. The van der Waals surface area contributed by atoms with Crippen molar-refractivity contribution in [2.75, 3.05) is 25.0 Å². The van der Waals surface area contributed by atoms with Crippen LogP contribution in [0, 0.1) is 6.92 Å². The topological polar surface area (TPSA) is 58.1 Å². The zero-order valence-electron chi connectivity index (χ0n) is 10.0. The highest BCUT2D eigenvalue weighted by Gasteiger charge is 2.09. The molecule has 5 heteroatoms. The highest BCUT2D eigenvalue weighted by Crippen LogP contribution is 2.05. The molecule has 0 atom stereocenters. The van der Waals surface area contributed by atoms with Gasteiger partial charge in [0, 0.05) is 25.5 Å². The molecule has 1 aromatic heterocycles. The van der Waals surface area contributed by atoms with Crippen molar-refractivity contribution in [2.24, 2.45) is 0 Å². The highest BCUT2D eigenvalue weighted by atomic mass is 16.2. The lowest BCUT2D eigenvalue weighted by Crippen LogP contribution is -2.35. The van der Waals surface area contributed by atoms with Crippen molar-refractivity contribution in [3.8, 4) is 0 Å². The molecule has 0 aliphatic heterocycles. The quantitative estimate of drug-likeness (QED) is 0.809. The second-order valence-electron chi connectivity index (χ2n) is 3.41. The van der Waals surface area contributed by atoms with E-state index in [4.69, 9.17) is 0 Å². The number of aromatic nitrogens is 2. The summed E-state index contributed by atoms with van der Waals surface area (Å²) in [6.07, 6.45) is 3.24. The van der Waals surface area contributed by atoms with E-state index in [1.54, 1.807) is 17.3 Å². The van der Waals surface area contributed by atoms with E-state index in [1.165, 1.54) is 0 Å². The van der Waals surface area contributed by atoms with Crippen molar-refractivity contribution in [1.29, 1.82) is 0 Å². The number of rotatable bonds is 5. The molecule has 0 radical (unpaired) electrons. The van der Waals surface area contributed by atoms with Crippen LogP contribution in [0.15, 0.2) is 12.4 Å². The molecule has 0 saturated heterocycles. The van der Waals surface area contributed by atoms with E-state index < -0.39 is 0 Å². The summed E-state index contributed by atoms with van der Waals surface area (Å²) < 4.78 is 0. The van der Waals surface area contributed by atoms with E-state index >= 15 is 0 Å². The molecule has 1 aromatic rings. The Kier molecular flexibility index (Phi) is 4.69. The molecule has 0 unspecified atom stereocenters. The van der Waals surface area contributed by atoms with Gasteiger partial charge in [0.1, 0.15) is 5.82 Å². The van der Waals surface area contributed by atoms with Gasteiger partial charge in [0.25, 0.3) is 0 Å². The average Bonchev–Trinajstić information content (AvgIpc) is 2.29. The first kappa shape index (κ1) is 12.4. The molecule has 16 heavy (non-hydrogen) atoms. The molecule has 1 heterocycles. The molecule has 0 bridgehead atoms. The molecule has 0 aromatic carbocycles. The third-order valence-corrected chi connectivity index (χ3v) is 2.40. The summed E-state index contributed by atoms with van der Waals surface area (Å²) in [4.78, 5) is 21.7. The van der Waals surface area contributed by atoms with Gasteiger partial charge < -0.3 is 10.2 Å². The van der Waals surface area contributed by atoms with Crippen LogP contribution < -0.4 is 5.32 Å². The van der Waals surface area contributed by atoms with Gasteiger partial charge in [-0.2, -0.15) is 0 Å². The van der Waals surface area contributed by atoms with Gasteiger partial charge in [-0.25, -0.2) is 4.98 Å². The first-order valence-electron chi connectivity index (χ1n) is 5.48. The minimum absolute atomic E-state index is 0.0788. The van der Waals surface area contributed by atoms with Crippen LogP contribution in [0.5, 0.6) is 0 Å². The number of hydrogen-bond donors (Lipinski definition) is 1. The molecule has 0 saturated carbocycles. The molecule has 0 fully saturated rings. The number of carbonyl (C=O) groups excluding carboxylic acids is 1. The fourth-order valence-electron chi connectivity index (χ4n) is 1.43. The molecule has 5 nitrogen and oxygen atoms in total. The molecule has 0 aliphatic carbocycles. The number of carbonyl (C=O) groups is 1. The maximum atomic E-state index is 11.7. The largest absolute Gasteiger partial charge is 0.359 e. The Balaban J connectivity index is 2.52. The van der Waals surface area contributed by atoms with Crippen molar-refractivity contribution in [1.82, 2.24) is 14.9 Å². The van der Waals surface area contributed by atoms with E-state index in [-0.39, 0.29) is 12.5 Å². The Bertz CT molecular complexity index is 350. The number of amides is 1. The second-order valence-corrected chi connectivity index (χ2v) is 3.41. The zero-order valence-corrected chi connectivity index (χ0v) is 10.0. The van der Waals surface area contributed by atoms with Crippen LogP contribution in [0.4, 0.5) is 5.82 Å². The van der Waals surface area contributed by atoms with Gasteiger partial charge in [0.05, 0.1) is 12.2 Å². The smallest absolute Gasteiger partial charge is 0.241 e. The van der Waals surface area contributed by atoms with E-state index in [1.807, 2.05) is 20.8 Å². The summed E-state index contributed by atoms with van der Waals surface area (Å²) >= 11 is 0. The van der Waals surface area contributed by atoms with Gasteiger partial charge in [-0.3, -0.25) is 9.78 Å². The van der Waals surface area contributed by atoms with Crippen molar-refractivity contribution < 1.29 is 4.79 Å². The lowest BCUT2D eigenvalue weighted by molar-refractivity contribution is -0.128. The molecule has 0 aliphatic rings. The minimum Gasteiger partial charge on any atom is -0.359 e. The van der Waals surface area contributed by atoms with Crippen molar-refractivity contribution in [2.45, 2.75) is 20.8 Å². The van der Waals surface area contributed by atoms with Crippen LogP contribution in [-0.4, -0.2) is 40.4 Å². The lowest BCUT2D eigenvalue weighted by Gasteiger charge is -2.19. The van der Waals surface area contributed by atoms with Gasteiger partial charge in [0.15, 0.2) is 0 Å². The molecule has 0 spiro atoms. The van der Waals surface area contributed by atoms with Crippen molar-refractivity contribution in [3.63, 3.8) is 0 Å². The summed E-state index contributed by atoms with van der Waals surface area (Å²) in [7, 11) is 0. The summed E-state index contributed by atoms with van der Waals surface area (Å²) in [5.74, 6) is 0.748. The maximum Gasteiger partial charge on any atom is 0.241 e. The van der Waals surface area contributed by atoms with Crippen LogP contribution >= 0.6 is 0 Å². The summed E-state index contributed by atoms with van der Waals surface area (Å²) in [5.41, 5.74) is 0.801. The number of anilines is 1. The molecule has 1 amide bonds. The van der Waals surface area contributed by atoms with Crippen molar-refractivity contribution >= 4 is 11.7 Å². The van der Waals surface area contributed by atoms with Gasteiger partial charge in [-0.15, -0.1) is 0 Å². The minimum atomic E-state index is 0.0788. The van der Waals surface area contributed by atoms with Crippen LogP contribution in [0.1, 0.15) is 19.5 Å². The van der Waals surface area contributed by atoms with Gasteiger partial charge in [-0.05, 0) is 20.8 Å². The van der Waals surface area contributed by atoms with Crippen LogP contribution in [0.2, 0.25) is 0 Å². The Labute approximate surface area is 95.9 Å². The Morgan fingerprint density at radius 1 is 1.31 bits per heavy atom. The number of aryl methyl sites for hydroxylation is 1. The van der Waals surface area contributed by atoms with Crippen LogP contribution in [0.25, 0.3) is 0 Å². The summed E-state index contributed by atoms with van der Waals surface area (Å²) in [6, 6.07) is 0. The average molecular weight is 222 g/mol. The van der Waals surface area contributed by atoms with Crippen LogP contribution in [0.3, 0.4) is 0 Å². The SMILES string of the molecule is CCN(CC)C(=O)CNc1nccnc1C. The number of likely N-dealkylation sites (N-methyl/N-ethyl adjacent to an activating group) is 1. The van der Waals surface area contributed by atoms with Gasteiger partial charge >= 0.3 is 0 Å². The van der Waals surface area contributed by atoms with E-state index in [2.05, 4.69) is 15.3 Å². The number of nitrogens with one attached hydrogen (secondary N) is 1. The number of nitrogens with zero attached hydrogens (tertiary/aromatic N) is 3. The standard InChI is InChI=1S/C11H18N4O/c1-4-15(5-2)10(16)8-14-11-9(3)12-6-7-13-11/h6-7H,4-5,8H2,1-3H3,(H,13,14). The van der Waals surface area contributed by atoms with Gasteiger partial charge in [0.2, 0.25) is 5.91 Å². The highest BCUT2D eigenvalue weighted by molar-refractivity contribution is 5.80. The zero-order chi connectivity index (χ0) is 12.0. The summed E-state index contributed by atoms with van der Waals surface area (Å²) in [6.45, 7) is 7.52. The normalized spacial score (nSPS) is 9.94. The predicted octanol–water partition coefficient (Wildman–Crippen LogP) is 1.07. The van der Waals surface area contributed by atoms with E-state index in [0.29, 0.717) is 5.82 Å². The van der Waals surface area contributed by atoms with Gasteiger partial charge in [-0.1, -0.05) is 0 Å². The Morgan fingerprint density at radius 2 is 1.94 bits per heavy atom. The van der Waals surface area contributed by atoms with E-state index in [9.17, 15) is 4.79 Å². The summed E-state index contributed by atoms with van der Waals surface area (Å²) in [5, 5.41) is 3.00. The third-order valence-electron chi connectivity index (χ3n) is 2.40. The third kappa shape index (κ3) is 3.18. The Hall–Kier alpha value is -1.65. The van der Waals surface area contributed by atoms with Crippen molar-refractivity contribution in [3.05, 3.63) is 18.1 Å². The number of hydrogen-bond acceptors (Lipinski definition) is 4. The predicted molar refractivity (Wildman–Crippen MR) is 63.2 cm³/mol. The lowest BCUT2D eigenvalue weighted by atomic mass is 10.4. The fraction of sp³-hybridized carbons (Fsp3) is 0.545. The molecular weight excluding hydrogens is 204 g/mol. The monoisotopic (exact) mass is 222 g/mol.